The Morgan fingerprint density at radius 1 is 1.00 bits per heavy atom. The molecule has 3 nitrogen and oxygen atoms in total. The first kappa shape index (κ1) is 18.3. The standard InChI is InChI=1S/C21H19BrFNO2/c1-25-18-9-7-17(8-10-18)24-13-15-6-11-21(19(22)12-15)26-14-16-4-2-3-5-20(16)23/h2-12,24H,13-14H2,1H3. The molecule has 3 rings (SSSR count). The van der Waals surface area contributed by atoms with Gasteiger partial charge in [0.1, 0.15) is 23.9 Å². The Morgan fingerprint density at radius 3 is 2.46 bits per heavy atom. The van der Waals surface area contributed by atoms with E-state index in [1.807, 2.05) is 42.5 Å². The highest BCUT2D eigenvalue weighted by Gasteiger charge is 2.06. The summed E-state index contributed by atoms with van der Waals surface area (Å²) in [4.78, 5) is 0. The Bertz CT molecular complexity index is 868. The highest BCUT2D eigenvalue weighted by Crippen LogP contribution is 2.27. The first-order valence-electron chi connectivity index (χ1n) is 8.18. The lowest BCUT2D eigenvalue weighted by Gasteiger charge is -2.12. The van der Waals surface area contributed by atoms with E-state index in [-0.39, 0.29) is 12.4 Å². The van der Waals surface area contributed by atoms with Crippen molar-refractivity contribution in [1.29, 1.82) is 0 Å². The van der Waals surface area contributed by atoms with E-state index in [0.29, 0.717) is 17.9 Å². The summed E-state index contributed by atoms with van der Waals surface area (Å²) < 4.78 is 25.4. The molecule has 0 radical (unpaired) electrons. The Balaban J connectivity index is 1.59. The molecule has 3 aromatic rings. The van der Waals surface area contributed by atoms with Crippen LogP contribution in [0.25, 0.3) is 0 Å². The minimum atomic E-state index is -0.260. The fourth-order valence-electron chi connectivity index (χ4n) is 2.46. The monoisotopic (exact) mass is 415 g/mol. The quantitative estimate of drug-likeness (QED) is 0.529. The number of methoxy groups -OCH3 is 1. The molecule has 0 atom stereocenters. The predicted molar refractivity (Wildman–Crippen MR) is 105 cm³/mol. The largest absolute Gasteiger partial charge is 0.497 e. The second-order valence-corrected chi connectivity index (χ2v) is 6.58. The number of anilines is 1. The Kier molecular flexibility index (Phi) is 6.12. The summed E-state index contributed by atoms with van der Waals surface area (Å²) in [5.74, 6) is 1.25. The third-order valence-electron chi connectivity index (χ3n) is 3.92. The highest BCUT2D eigenvalue weighted by molar-refractivity contribution is 9.10. The lowest BCUT2D eigenvalue weighted by atomic mass is 10.2. The van der Waals surface area contributed by atoms with Gasteiger partial charge in [0.2, 0.25) is 0 Å². The predicted octanol–water partition coefficient (Wildman–Crippen LogP) is 5.79. The van der Waals surface area contributed by atoms with Crippen LogP contribution in [-0.2, 0) is 13.2 Å². The van der Waals surface area contributed by atoms with E-state index in [9.17, 15) is 4.39 Å². The van der Waals surface area contributed by atoms with Gasteiger partial charge in [-0.3, -0.25) is 0 Å². The first-order valence-corrected chi connectivity index (χ1v) is 8.97. The second-order valence-electron chi connectivity index (χ2n) is 5.73. The van der Waals surface area contributed by atoms with Crippen molar-refractivity contribution in [1.82, 2.24) is 0 Å². The number of nitrogens with one attached hydrogen (secondary N) is 1. The molecule has 1 N–H and O–H groups in total. The van der Waals surface area contributed by atoms with Crippen LogP contribution in [0, 0.1) is 5.82 Å². The van der Waals surface area contributed by atoms with Gasteiger partial charge in [0, 0.05) is 17.8 Å². The second kappa shape index (κ2) is 8.72. The van der Waals surface area contributed by atoms with Crippen molar-refractivity contribution in [2.75, 3.05) is 12.4 Å². The molecular weight excluding hydrogens is 397 g/mol. The van der Waals surface area contributed by atoms with Crippen molar-refractivity contribution in [3.63, 3.8) is 0 Å². The molecule has 0 fully saturated rings. The molecule has 0 heterocycles. The SMILES string of the molecule is COc1ccc(NCc2ccc(OCc3ccccc3F)c(Br)c2)cc1. The van der Waals surface area contributed by atoms with Crippen molar-refractivity contribution in [3.8, 4) is 11.5 Å². The molecule has 0 saturated carbocycles. The van der Waals surface area contributed by atoms with E-state index in [4.69, 9.17) is 9.47 Å². The number of ether oxygens (including phenoxy) is 2. The van der Waals surface area contributed by atoms with Crippen LogP contribution in [0.3, 0.4) is 0 Å². The summed E-state index contributed by atoms with van der Waals surface area (Å²) in [6, 6.07) is 20.2. The average Bonchev–Trinajstić information content (AvgIpc) is 2.67. The summed E-state index contributed by atoms with van der Waals surface area (Å²) in [6.07, 6.45) is 0. The zero-order valence-electron chi connectivity index (χ0n) is 14.3. The van der Waals surface area contributed by atoms with Crippen LogP contribution in [0.2, 0.25) is 0 Å². The zero-order valence-corrected chi connectivity index (χ0v) is 15.9. The van der Waals surface area contributed by atoms with Crippen LogP contribution in [0.15, 0.2) is 71.2 Å². The maximum atomic E-state index is 13.7. The average molecular weight is 416 g/mol. The van der Waals surface area contributed by atoms with Gasteiger partial charge >= 0.3 is 0 Å². The van der Waals surface area contributed by atoms with Gasteiger partial charge in [0.15, 0.2) is 0 Å². The van der Waals surface area contributed by atoms with Crippen molar-refractivity contribution in [2.45, 2.75) is 13.2 Å². The summed E-state index contributed by atoms with van der Waals surface area (Å²) in [6.45, 7) is 0.868. The van der Waals surface area contributed by atoms with Crippen LogP contribution >= 0.6 is 15.9 Å². The van der Waals surface area contributed by atoms with Gasteiger partial charge in [-0.1, -0.05) is 24.3 Å². The van der Waals surface area contributed by atoms with Crippen LogP contribution < -0.4 is 14.8 Å². The van der Waals surface area contributed by atoms with E-state index in [1.54, 1.807) is 25.3 Å². The van der Waals surface area contributed by atoms with Gasteiger partial charge in [-0.2, -0.15) is 0 Å². The van der Waals surface area contributed by atoms with E-state index >= 15 is 0 Å². The summed E-state index contributed by atoms with van der Waals surface area (Å²) >= 11 is 3.52. The molecule has 0 bridgehead atoms. The molecule has 0 aromatic heterocycles. The maximum absolute atomic E-state index is 13.7. The molecule has 0 aliphatic rings. The molecule has 26 heavy (non-hydrogen) atoms. The third-order valence-corrected chi connectivity index (χ3v) is 4.54. The van der Waals surface area contributed by atoms with Crippen LogP contribution in [-0.4, -0.2) is 7.11 Å². The van der Waals surface area contributed by atoms with Crippen LogP contribution in [0.4, 0.5) is 10.1 Å². The van der Waals surface area contributed by atoms with E-state index in [1.165, 1.54) is 6.07 Å². The molecular formula is C21H19BrFNO2. The lowest BCUT2D eigenvalue weighted by molar-refractivity contribution is 0.298. The number of rotatable bonds is 7. The first-order chi connectivity index (χ1) is 12.7. The molecule has 134 valence electrons. The van der Waals surface area contributed by atoms with Crippen molar-refractivity contribution in [2.24, 2.45) is 0 Å². The Labute approximate surface area is 160 Å². The third kappa shape index (κ3) is 4.76. The molecule has 0 amide bonds. The van der Waals surface area contributed by atoms with Crippen LogP contribution in [0.5, 0.6) is 11.5 Å². The summed E-state index contributed by atoms with van der Waals surface area (Å²) in [7, 11) is 1.65. The molecule has 0 spiro atoms. The molecule has 0 aliphatic carbocycles. The number of hydrogen-bond acceptors (Lipinski definition) is 3. The summed E-state index contributed by atoms with van der Waals surface area (Å²) in [5, 5.41) is 3.36. The fraction of sp³-hybridized carbons (Fsp3) is 0.143. The van der Waals surface area contributed by atoms with Gasteiger partial charge in [0.25, 0.3) is 0 Å². The normalized spacial score (nSPS) is 10.4. The minimum Gasteiger partial charge on any atom is -0.497 e. The van der Waals surface area contributed by atoms with Gasteiger partial charge in [0.05, 0.1) is 11.6 Å². The molecule has 5 heteroatoms. The molecule has 0 unspecified atom stereocenters. The lowest BCUT2D eigenvalue weighted by Crippen LogP contribution is -2.01. The fourth-order valence-corrected chi connectivity index (χ4v) is 3.00. The van der Waals surface area contributed by atoms with Crippen molar-refractivity contribution in [3.05, 3.63) is 88.1 Å². The van der Waals surface area contributed by atoms with Crippen molar-refractivity contribution >= 4 is 21.6 Å². The Morgan fingerprint density at radius 2 is 1.77 bits per heavy atom. The van der Waals surface area contributed by atoms with E-state index in [0.717, 1.165) is 21.5 Å². The molecule has 0 aliphatic heterocycles. The Hall–Kier alpha value is -2.53. The van der Waals surface area contributed by atoms with E-state index < -0.39 is 0 Å². The zero-order chi connectivity index (χ0) is 18.4. The van der Waals surface area contributed by atoms with Crippen molar-refractivity contribution < 1.29 is 13.9 Å². The maximum Gasteiger partial charge on any atom is 0.134 e. The summed E-state index contributed by atoms with van der Waals surface area (Å²) in [5.41, 5.74) is 2.65. The molecule has 0 saturated heterocycles. The number of halogens is 2. The van der Waals surface area contributed by atoms with Crippen LogP contribution in [0.1, 0.15) is 11.1 Å². The molecule has 3 aromatic carbocycles. The van der Waals surface area contributed by atoms with Gasteiger partial charge in [-0.05, 0) is 64.0 Å². The number of benzene rings is 3. The minimum absolute atomic E-state index is 0.189. The van der Waals surface area contributed by atoms with Gasteiger partial charge < -0.3 is 14.8 Å². The van der Waals surface area contributed by atoms with Gasteiger partial charge in [-0.25, -0.2) is 4.39 Å². The highest BCUT2D eigenvalue weighted by atomic mass is 79.9. The van der Waals surface area contributed by atoms with Gasteiger partial charge in [-0.15, -0.1) is 0 Å². The topological polar surface area (TPSA) is 30.5 Å². The number of hydrogen-bond donors (Lipinski definition) is 1. The smallest absolute Gasteiger partial charge is 0.134 e. The van der Waals surface area contributed by atoms with E-state index in [2.05, 4.69) is 21.2 Å².